The van der Waals surface area contributed by atoms with E-state index in [2.05, 4.69) is 11.4 Å². The minimum Gasteiger partial charge on any atom is -0.274 e. The van der Waals surface area contributed by atoms with Gasteiger partial charge in [-0.15, -0.1) is 11.3 Å². The van der Waals surface area contributed by atoms with E-state index in [9.17, 15) is 4.79 Å². The SMILES string of the molecule is O=C1C[C@H](c2cccs2)Sc2nc(-c3ccccc3)c(-c3ccccc3)n21. The predicted molar refractivity (Wildman–Crippen MR) is 111 cm³/mol. The van der Waals surface area contributed by atoms with Crippen molar-refractivity contribution in [2.24, 2.45) is 0 Å². The third kappa shape index (κ3) is 2.93. The molecule has 0 saturated carbocycles. The minimum absolute atomic E-state index is 0.107. The average Bonchev–Trinajstić information content (AvgIpc) is 3.37. The van der Waals surface area contributed by atoms with E-state index in [1.807, 2.05) is 71.3 Å². The number of carbonyl (C=O) groups is 1. The third-order valence-corrected chi connectivity index (χ3v) is 6.98. The fourth-order valence-corrected chi connectivity index (χ4v) is 5.56. The molecular formula is C22H16N2OS2. The molecule has 0 aliphatic carbocycles. The van der Waals surface area contributed by atoms with Gasteiger partial charge in [-0.3, -0.25) is 9.36 Å². The summed E-state index contributed by atoms with van der Waals surface area (Å²) in [5, 5.41) is 2.98. The van der Waals surface area contributed by atoms with Crippen LogP contribution in [0.3, 0.4) is 0 Å². The number of nitrogens with zero attached hydrogens (tertiary/aromatic N) is 2. The smallest absolute Gasteiger partial charge is 0.234 e. The minimum atomic E-state index is 0.107. The first-order chi connectivity index (χ1) is 13.3. The van der Waals surface area contributed by atoms with Crippen LogP contribution in [-0.2, 0) is 0 Å². The van der Waals surface area contributed by atoms with Gasteiger partial charge in [0.05, 0.1) is 16.6 Å². The summed E-state index contributed by atoms with van der Waals surface area (Å²) < 4.78 is 1.81. The number of hydrogen-bond acceptors (Lipinski definition) is 4. The maximum atomic E-state index is 13.1. The molecule has 27 heavy (non-hydrogen) atoms. The normalized spacial score (nSPS) is 16.3. The summed E-state index contributed by atoms with van der Waals surface area (Å²) in [6, 6.07) is 24.3. The Kier molecular flexibility index (Phi) is 4.19. The van der Waals surface area contributed by atoms with Crippen LogP contribution in [0.25, 0.3) is 22.5 Å². The van der Waals surface area contributed by atoms with Crippen LogP contribution in [0, 0.1) is 0 Å². The van der Waals surface area contributed by atoms with Gasteiger partial charge in [0.25, 0.3) is 0 Å². The summed E-state index contributed by atoms with van der Waals surface area (Å²) in [5.74, 6) is 0.107. The zero-order valence-corrected chi connectivity index (χ0v) is 16.0. The first-order valence-corrected chi connectivity index (χ1v) is 10.5. The van der Waals surface area contributed by atoms with Crippen LogP contribution in [0.5, 0.6) is 0 Å². The third-order valence-electron chi connectivity index (χ3n) is 4.66. The lowest BCUT2D eigenvalue weighted by Gasteiger charge is -2.21. The van der Waals surface area contributed by atoms with Crippen LogP contribution in [0.2, 0.25) is 0 Å². The second-order valence-corrected chi connectivity index (χ2v) is 8.53. The first kappa shape index (κ1) is 16.5. The highest BCUT2D eigenvalue weighted by molar-refractivity contribution is 7.99. The van der Waals surface area contributed by atoms with E-state index in [0.29, 0.717) is 6.42 Å². The van der Waals surface area contributed by atoms with E-state index < -0.39 is 0 Å². The molecule has 4 aromatic rings. The second kappa shape index (κ2) is 6.83. The number of carbonyl (C=O) groups excluding carboxylic acids is 1. The standard InChI is InChI=1S/C22H16N2OS2/c25-19-14-18(17-12-7-13-26-17)27-22-23-20(15-8-3-1-4-9-15)21(24(19)22)16-10-5-2-6-11-16/h1-13,18H,14H2/t18-/m1/s1. The molecule has 5 rings (SSSR count). The zero-order chi connectivity index (χ0) is 18.2. The van der Waals surface area contributed by atoms with E-state index in [4.69, 9.17) is 4.98 Å². The molecule has 3 heterocycles. The fourth-order valence-electron chi connectivity index (χ4n) is 3.42. The number of benzene rings is 2. The largest absolute Gasteiger partial charge is 0.274 e. The molecule has 5 heteroatoms. The number of thioether (sulfide) groups is 1. The van der Waals surface area contributed by atoms with Crippen LogP contribution in [0.15, 0.2) is 83.3 Å². The van der Waals surface area contributed by atoms with Gasteiger partial charge in [0.15, 0.2) is 5.16 Å². The number of hydrogen-bond donors (Lipinski definition) is 0. The van der Waals surface area contributed by atoms with E-state index in [1.54, 1.807) is 23.1 Å². The van der Waals surface area contributed by atoms with E-state index in [1.165, 1.54) is 4.88 Å². The summed E-state index contributed by atoms with van der Waals surface area (Å²) in [7, 11) is 0. The Hall–Kier alpha value is -2.63. The molecule has 0 spiro atoms. The maximum Gasteiger partial charge on any atom is 0.234 e. The van der Waals surface area contributed by atoms with Crippen molar-refractivity contribution in [1.82, 2.24) is 9.55 Å². The van der Waals surface area contributed by atoms with Crippen LogP contribution in [-0.4, -0.2) is 15.5 Å². The summed E-state index contributed by atoms with van der Waals surface area (Å²) in [6.07, 6.45) is 0.489. The van der Waals surface area contributed by atoms with Gasteiger partial charge in [-0.25, -0.2) is 4.98 Å². The maximum absolute atomic E-state index is 13.1. The molecule has 0 fully saturated rings. The van der Waals surface area contributed by atoms with Crippen molar-refractivity contribution in [1.29, 1.82) is 0 Å². The van der Waals surface area contributed by atoms with Crippen molar-refractivity contribution in [3.8, 4) is 22.5 Å². The lowest BCUT2D eigenvalue weighted by atomic mass is 10.0. The van der Waals surface area contributed by atoms with Gasteiger partial charge in [-0.2, -0.15) is 0 Å². The summed E-state index contributed by atoms with van der Waals surface area (Å²) >= 11 is 3.38. The van der Waals surface area contributed by atoms with Gasteiger partial charge in [0.1, 0.15) is 0 Å². The number of imidazole rings is 1. The van der Waals surface area contributed by atoms with Crippen LogP contribution >= 0.6 is 23.1 Å². The zero-order valence-electron chi connectivity index (χ0n) is 14.4. The van der Waals surface area contributed by atoms with Gasteiger partial charge in [-0.1, -0.05) is 78.5 Å². The molecule has 1 aliphatic rings. The Bertz CT molecular complexity index is 1090. The molecular weight excluding hydrogens is 372 g/mol. The van der Waals surface area contributed by atoms with Crippen molar-refractivity contribution in [3.05, 3.63) is 83.1 Å². The van der Waals surface area contributed by atoms with Crippen LogP contribution in [0.4, 0.5) is 0 Å². The Balaban J connectivity index is 1.70. The topological polar surface area (TPSA) is 34.9 Å². The van der Waals surface area contributed by atoms with Crippen molar-refractivity contribution >= 4 is 29.0 Å². The van der Waals surface area contributed by atoms with Crippen LogP contribution < -0.4 is 0 Å². The lowest BCUT2D eigenvalue weighted by molar-refractivity contribution is 0.0888. The number of fused-ring (bicyclic) bond motifs is 1. The molecule has 0 N–H and O–H groups in total. The average molecular weight is 389 g/mol. The van der Waals surface area contributed by atoms with Crippen molar-refractivity contribution in [2.45, 2.75) is 16.8 Å². The molecule has 0 saturated heterocycles. The Morgan fingerprint density at radius 2 is 1.59 bits per heavy atom. The summed E-state index contributed by atoms with van der Waals surface area (Å²) in [6.45, 7) is 0. The molecule has 0 unspecified atom stereocenters. The van der Waals surface area contributed by atoms with E-state index >= 15 is 0 Å². The highest BCUT2D eigenvalue weighted by Gasteiger charge is 2.33. The Labute approximate surface area is 165 Å². The fraction of sp³-hybridized carbons (Fsp3) is 0.0909. The van der Waals surface area contributed by atoms with Gasteiger partial charge in [0, 0.05) is 22.4 Å². The summed E-state index contributed by atoms with van der Waals surface area (Å²) in [5.41, 5.74) is 3.79. The first-order valence-electron chi connectivity index (χ1n) is 8.78. The van der Waals surface area contributed by atoms with Gasteiger partial charge in [0.2, 0.25) is 5.91 Å². The quantitative estimate of drug-likeness (QED) is 0.422. The van der Waals surface area contributed by atoms with Crippen LogP contribution in [0.1, 0.15) is 21.3 Å². The molecule has 0 amide bonds. The van der Waals surface area contributed by atoms with Gasteiger partial charge < -0.3 is 0 Å². The Morgan fingerprint density at radius 3 is 2.26 bits per heavy atom. The highest BCUT2D eigenvalue weighted by atomic mass is 32.2. The lowest BCUT2D eigenvalue weighted by Crippen LogP contribution is -2.20. The van der Waals surface area contributed by atoms with Crippen molar-refractivity contribution in [2.75, 3.05) is 0 Å². The number of thiophene rings is 1. The Morgan fingerprint density at radius 1 is 0.889 bits per heavy atom. The predicted octanol–water partition coefficient (Wildman–Crippen LogP) is 6.16. The number of rotatable bonds is 3. The van der Waals surface area contributed by atoms with Gasteiger partial charge in [-0.05, 0) is 11.4 Å². The molecule has 0 bridgehead atoms. The monoisotopic (exact) mass is 388 g/mol. The van der Waals surface area contributed by atoms with E-state index in [-0.39, 0.29) is 11.2 Å². The molecule has 0 radical (unpaired) electrons. The molecule has 132 valence electrons. The molecule has 1 aliphatic heterocycles. The van der Waals surface area contributed by atoms with Gasteiger partial charge >= 0.3 is 0 Å². The molecule has 3 nitrogen and oxygen atoms in total. The van der Waals surface area contributed by atoms with Crippen molar-refractivity contribution < 1.29 is 4.79 Å². The highest BCUT2D eigenvalue weighted by Crippen LogP contribution is 2.46. The number of aromatic nitrogens is 2. The molecule has 2 aromatic carbocycles. The second-order valence-electron chi connectivity index (χ2n) is 6.38. The summed E-state index contributed by atoms with van der Waals surface area (Å²) in [4.78, 5) is 19.3. The van der Waals surface area contributed by atoms with E-state index in [0.717, 1.165) is 27.7 Å². The van der Waals surface area contributed by atoms with Crippen molar-refractivity contribution in [3.63, 3.8) is 0 Å². The molecule has 1 atom stereocenters. The molecule has 2 aromatic heterocycles.